The maximum Gasteiger partial charge on any atom is 0.410 e. The Bertz CT molecular complexity index is 562. The summed E-state index contributed by atoms with van der Waals surface area (Å²) in [5.41, 5.74) is 7.94. The molecule has 1 heterocycles. The summed E-state index contributed by atoms with van der Waals surface area (Å²) < 4.78 is 5.56. The average Bonchev–Trinajstić information content (AvgIpc) is 2.76. The van der Waals surface area contributed by atoms with Crippen molar-refractivity contribution < 1.29 is 9.53 Å². The molecule has 2 aliphatic rings. The molecule has 1 amide bonds. The molecule has 132 valence electrons. The fourth-order valence-electron chi connectivity index (χ4n) is 4.32. The zero-order valence-corrected chi connectivity index (χ0v) is 15.1. The van der Waals surface area contributed by atoms with Gasteiger partial charge in [-0.15, -0.1) is 0 Å². The first-order valence-electron chi connectivity index (χ1n) is 9.14. The molecular weight excluding hydrogens is 300 g/mol. The van der Waals surface area contributed by atoms with Crippen LogP contribution in [0.15, 0.2) is 24.3 Å². The van der Waals surface area contributed by atoms with E-state index >= 15 is 0 Å². The molecule has 3 rings (SSSR count). The summed E-state index contributed by atoms with van der Waals surface area (Å²) in [5, 5.41) is 0. The minimum atomic E-state index is -0.425. The first kappa shape index (κ1) is 17.3. The third-order valence-corrected chi connectivity index (χ3v) is 5.28. The molecule has 1 aromatic carbocycles. The van der Waals surface area contributed by atoms with E-state index < -0.39 is 5.60 Å². The number of rotatable bonds is 3. The van der Waals surface area contributed by atoms with E-state index in [2.05, 4.69) is 24.3 Å². The summed E-state index contributed by atoms with van der Waals surface area (Å²) >= 11 is 0. The number of carbonyl (C=O) groups is 1. The van der Waals surface area contributed by atoms with Gasteiger partial charge in [0.15, 0.2) is 0 Å². The van der Waals surface area contributed by atoms with Gasteiger partial charge in [0.05, 0.1) is 0 Å². The highest BCUT2D eigenvalue weighted by atomic mass is 16.6. The molecule has 0 aromatic heterocycles. The standard InChI is InChI=1S/C20H30N2O2/c1-20(2,3)24-19(23)22-12-16-8-9-17(13-22)18(16)15-6-4-14(5-7-15)10-11-21/h4-7,16-18H,8-13,21H2,1-3H3. The molecule has 0 radical (unpaired) electrons. The van der Waals surface area contributed by atoms with Gasteiger partial charge in [-0.2, -0.15) is 0 Å². The van der Waals surface area contributed by atoms with Gasteiger partial charge in [0.1, 0.15) is 5.60 Å². The van der Waals surface area contributed by atoms with E-state index in [4.69, 9.17) is 10.5 Å². The van der Waals surface area contributed by atoms with Crippen LogP contribution >= 0.6 is 0 Å². The molecule has 1 aliphatic carbocycles. The minimum Gasteiger partial charge on any atom is -0.444 e. The van der Waals surface area contributed by atoms with Crippen LogP contribution in [0.2, 0.25) is 0 Å². The Morgan fingerprint density at radius 3 is 2.25 bits per heavy atom. The highest BCUT2D eigenvalue weighted by Gasteiger charge is 2.44. The zero-order valence-electron chi connectivity index (χ0n) is 15.1. The molecule has 4 heteroatoms. The molecule has 1 saturated heterocycles. The van der Waals surface area contributed by atoms with Crippen LogP contribution in [0.25, 0.3) is 0 Å². The van der Waals surface area contributed by atoms with E-state index in [-0.39, 0.29) is 6.09 Å². The quantitative estimate of drug-likeness (QED) is 0.922. The Morgan fingerprint density at radius 2 is 1.75 bits per heavy atom. The fraction of sp³-hybridized carbons (Fsp3) is 0.650. The van der Waals surface area contributed by atoms with Crippen molar-refractivity contribution in [1.29, 1.82) is 0 Å². The normalized spacial score (nSPS) is 26.5. The number of hydrogen-bond donors (Lipinski definition) is 1. The molecule has 1 saturated carbocycles. The van der Waals surface area contributed by atoms with Gasteiger partial charge in [0.25, 0.3) is 0 Å². The summed E-state index contributed by atoms with van der Waals surface area (Å²) in [6.07, 6.45) is 3.19. The number of nitrogens with two attached hydrogens (primary N) is 1. The summed E-state index contributed by atoms with van der Waals surface area (Å²) in [6, 6.07) is 8.96. The van der Waals surface area contributed by atoms with Crippen LogP contribution < -0.4 is 5.73 Å². The number of fused-ring (bicyclic) bond motifs is 2. The SMILES string of the molecule is CC(C)(C)OC(=O)N1CC2CCC(C1)C2c1ccc(CCN)cc1. The fourth-order valence-corrected chi connectivity index (χ4v) is 4.32. The monoisotopic (exact) mass is 330 g/mol. The average molecular weight is 330 g/mol. The Balaban J connectivity index is 1.68. The molecule has 1 aliphatic heterocycles. The van der Waals surface area contributed by atoms with Crippen LogP contribution in [0, 0.1) is 11.8 Å². The molecule has 1 aromatic rings. The van der Waals surface area contributed by atoms with Crippen molar-refractivity contribution in [3.8, 4) is 0 Å². The number of benzene rings is 1. The zero-order chi connectivity index (χ0) is 17.3. The van der Waals surface area contributed by atoms with E-state index in [9.17, 15) is 4.79 Å². The van der Waals surface area contributed by atoms with Crippen molar-refractivity contribution in [1.82, 2.24) is 4.90 Å². The van der Waals surface area contributed by atoms with Gasteiger partial charge in [-0.05, 0) is 75.5 Å². The third-order valence-electron chi connectivity index (χ3n) is 5.28. The predicted molar refractivity (Wildman–Crippen MR) is 96.0 cm³/mol. The second kappa shape index (κ2) is 6.75. The highest BCUT2D eigenvalue weighted by molar-refractivity contribution is 5.68. The van der Waals surface area contributed by atoms with Gasteiger partial charge in [0.2, 0.25) is 0 Å². The highest BCUT2D eigenvalue weighted by Crippen LogP contribution is 2.48. The lowest BCUT2D eigenvalue weighted by atomic mass is 9.80. The molecular formula is C20H30N2O2. The number of likely N-dealkylation sites (tertiary alicyclic amines) is 1. The molecule has 2 fully saturated rings. The van der Waals surface area contributed by atoms with Gasteiger partial charge in [-0.3, -0.25) is 0 Å². The Morgan fingerprint density at radius 1 is 1.17 bits per heavy atom. The molecule has 2 bridgehead atoms. The topological polar surface area (TPSA) is 55.6 Å². The first-order chi connectivity index (χ1) is 11.4. The third kappa shape index (κ3) is 3.75. The second-order valence-corrected chi connectivity index (χ2v) is 8.29. The smallest absolute Gasteiger partial charge is 0.410 e. The summed E-state index contributed by atoms with van der Waals surface area (Å²) in [7, 11) is 0. The Labute approximate surface area is 145 Å². The maximum atomic E-state index is 12.4. The van der Waals surface area contributed by atoms with Crippen LogP contribution in [-0.2, 0) is 11.2 Å². The Hall–Kier alpha value is -1.55. The summed E-state index contributed by atoms with van der Waals surface area (Å²) in [6.45, 7) is 8.11. The number of hydrogen-bond acceptors (Lipinski definition) is 3. The molecule has 2 atom stereocenters. The van der Waals surface area contributed by atoms with E-state index in [1.165, 1.54) is 24.0 Å². The van der Waals surface area contributed by atoms with Crippen molar-refractivity contribution in [2.45, 2.75) is 51.6 Å². The summed E-state index contributed by atoms with van der Waals surface area (Å²) in [4.78, 5) is 14.3. The first-order valence-corrected chi connectivity index (χ1v) is 9.14. The number of amides is 1. The second-order valence-electron chi connectivity index (χ2n) is 8.29. The lowest BCUT2D eigenvalue weighted by molar-refractivity contribution is 0.0129. The van der Waals surface area contributed by atoms with Crippen molar-refractivity contribution in [2.75, 3.05) is 19.6 Å². The Kier molecular flexibility index (Phi) is 4.86. The lowest BCUT2D eigenvalue weighted by Crippen LogP contribution is -2.46. The van der Waals surface area contributed by atoms with Crippen molar-refractivity contribution >= 4 is 6.09 Å². The van der Waals surface area contributed by atoms with Crippen molar-refractivity contribution in [3.05, 3.63) is 35.4 Å². The van der Waals surface area contributed by atoms with Crippen LogP contribution in [0.1, 0.15) is 50.7 Å². The summed E-state index contributed by atoms with van der Waals surface area (Å²) in [5.74, 6) is 1.68. The minimum absolute atomic E-state index is 0.156. The van der Waals surface area contributed by atoms with Gasteiger partial charge in [-0.1, -0.05) is 24.3 Å². The van der Waals surface area contributed by atoms with Gasteiger partial charge >= 0.3 is 6.09 Å². The van der Waals surface area contributed by atoms with Crippen LogP contribution in [0.3, 0.4) is 0 Å². The van der Waals surface area contributed by atoms with E-state index in [1.54, 1.807) is 0 Å². The van der Waals surface area contributed by atoms with Gasteiger partial charge in [0, 0.05) is 13.1 Å². The van der Waals surface area contributed by atoms with Crippen LogP contribution in [0.5, 0.6) is 0 Å². The number of ether oxygens (including phenoxy) is 1. The van der Waals surface area contributed by atoms with Gasteiger partial charge in [-0.25, -0.2) is 4.79 Å². The molecule has 2 N–H and O–H groups in total. The molecule has 4 nitrogen and oxygen atoms in total. The van der Waals surface area contributed by atoms with E-state index in [1.807, 2.05) is 25.7 Å². The predicted octanol–water partition coefficient (Wildman–Crippen LogP) is 3.55. The van der Waals surface area contributed by atoms with Crippen LogP contribution in [-0.4, -0.2) is 36.2 Å². The number of piperidine rings is 1. The van der Waals surface area contributed by atoms with Crippen molar-refractivity contribution in [2.24, 2.45) is 17.6 Å². The molecule has 24 heavy (non-hydrogen) atoms. The maximum absolute atomic E-state index is 12.4. The molecule has 2 unspecified atom stereocenters. The van der Waals surface area contributed by atoms with Crippen LogP contribution in [0.4, 0.5) is 4.79 Å². The van der Waals surface area contributed by atoms with E-state index in [0.717, 1.165) is 19.5 Å². The largest absolute Gasteiger partial charge is 0.444 e. The molecule has 0 spiro atoms. The van der Waals surface area contributed by atoms with E-state index in [0.29, 0.717) is 24.3 Å². The number of carbonyl (C=O) groups excluding carboxylic acids is 1. The number of nitrogens with zero attached hydrogens (tertiary/aromatic N) is 1. The lowest BCUT2D eigenvalue weighted by Gasteiger charge is -2.38. The van der Waals surface area contributed by atoms with Crippen molar-refractivity contribution in [3.63, 3.8) is 0 Å². The van der Waals surface area contributed by atoms with Gasteiger partial charge < -0.3 is 15.4 Å².